The Balaban J connectivity index is 2.27. The van der Waals surface area contributed by atoms with E-state index in [0.29, 0.717) is 6.54 Å². The maximum absolute atomic E-state index is 15.0. The van der Waals surface area contributed by atoms with E-state index in [1.165, 1.54) is 12.1 Å². The maximum Gasteiger partial charge on any atom is 0.475 e. The third-order valence-corrected chi connectivity index (χ3v) is 8.67. The van der Waals surface area contributed by atoms with Crippen LogP contribution < -0.4 is 9.64 Å². The molecule has 0 radical (unpaired) electrons. The van der Waals surface area contributed by atoms with Crippen molar-refractivity contribution in [3.63, 3.8) is 0 Å². The molecule has 1 aromatic carbocycles. The minimum atomic E-state index is -4.17. The van der Waals surface area contributed by atoms with Crippen molar-refractivity contribution < 1.29 is 40.9 Å². The molecule has 2 aromatic rings. The van der Waals surface area contributed by atoms with Gasteiger partial charge in [0.05, 0.1) is 33.0 Å². The highest BCUT2D eigenvalue weighted by Gasteiger charge is 2.44. The molecule has 1 aromatic heterocycles. The molecule has 0 aliphatic carbocycles. The summed E-state index contributed by atoms with van der Waals surface area (Å²) >= 11 is 0. The van der Waals surface area contributed by atoms with Crippen LogP contribution in [0.4, 0.5) is 10.2 Å². The van der Waals surface area contributed by atoms with Gasteiger partial charge in [-0.1, -0.05) is 12.1 Å². The predicted molar refractivity (Wildman–Crippen MR) is 135 cm³/mol. The number of rotatable bonds is 17. The average Bonchev–Trinajstić information content (AvgIpc) is 2.84. The lowest BCUT2D eigenvalue weighted by Crippen LogP contribution is -2.24. The number of likely N-dealkylation sites (N-methyl/N-ethyl adjacent to an activating group) is 1. The van der Waals surface area contributed by atoms with E-state index in [9.17, 15) is 9.13 Å². The molecule has 0 amide bonds. The molecule has 36 heavy (non-hydrogen) atoms. The molecule has 10 nitrogen and oxygen atoms in total. The van der Waals surface area contributed by atoms with Crippen molar-refractivity contribution >= 4 is 21.2 Å². The van der Waals surface area contributed by atoms with E-state index < -0.39 is 27.1 Å². The van der Waals surface area contributed by atoms with E-state index >= 15 is 4.39 Å². The lowest BCUT2D eigenvalue weighted by atomic mass is 10.2. The van der Waals surface area contributed by atoms with Gasteiger partial charge >= 0.3 is 15.4 Å². The van der Waals surface area contributed by atoms with Gasteiger partial charge in [-0.3, -0.25) is 18.1 Å². The van der Waals surface area contributed by atoms with E-state index in [4.69, 9.17) is 27.4 Å². The Morgan fingerprint density at radius 3 is 2.11 bits per heavy atom. The normalized spacial score (nSPS) is 12.9. The second-order valence-electron chi connectivity index (χ2n) is 7.26. The van der Waals surface area contributed by atoms with Gasteiger partial charge in [0.1, 0.15) is 12.4 Å². The summed E-state index contributed by atoms with van der Waals surface area (Å²) in [5, 5.41) is 0. The molecule has 0 bridgehead atoms. The number of anilines is 1. The number of halogens is 1. The highest BCUT2D eigenvalue weighted by Crippen LogP contribution is 2.67. The number of aromatic nitrogens is 1. The van der Waals surface area contributed by atoms with Crippen molar-refractivity contribution in [3.8, 4) is 5.75 Å². The molecule has 0 fully saturated rings. The molecule has 0 aliphatic heterocycles. The van der Waals surface area contributed by atoms with Crippen LogP contribution in [-0.2, 0) is 31.7 Å². The van der Waals surface area contributed by atoms with Crippen LogP contribution in [0, 0.1) is 5.82 Å². The zero-order valence-electron chi connectivity index (χ0n) is 21.3. The Labute approximate surface area is 212 Å². The summed E-state index contributed by atoms with van der Waals surface area (Å²) in [5.74, 6) is -1.57. The van der Waals surface area contributed by atoms with Gasteiger partial charge in [0, 0.05) is 13.2 Å². The fourth-order valence-electron chi connectivity index (χ4n) is 3.14. The number of phosphoric acid groups is 1. The van der Waals surface area contributed by atoms with Crippen LogP contribution in [0.3, 0.4) is 0 Å². The molecule has 0 aliphatic rings. The van der Waals surface area contributed by atoms with E-state index in [0.717, 1.165) is 11.9 Å². The first-order chi connectivity index (χ1) is 17.2. The van der Waals surface area contributed by atoms with Crippen LogP contribution >= 0.6 is 15.4 Å². The zero-order valence-corrected chi connectivity index (χ0v) is 23.1. The molecule has 202 valence electrons. The van der Waals surface area contributed by atoms with E-state index in [-0.39, 0.29) is 44.3 Å². The minimum absolute atomic E-state index is 0.00561. The SMILES string of the molecule is CCOP(=O)(OCC)OC(c1ccc(OCCN(C)c2ccccn2)c(F)c1)P(=O)(OCC)OCC. The lowest BCUT2D eigenvalue weighted by molar-refractivity contribution is 0.0891. The van der Waals surface area contributed by atoms with Gasteiger partial charge in [-0.05, 0) is 57.5 Å². The van der Waals surface area contributed by atoms with Crippen LogP contribution in [0.15, 0.2) is 42.6 Å². The molecule has 0 saturated carbocycles. The Bertz CT molecular complexity index is 1010. The monoisotopic (exact) mass is 548 g/mol. The van der Waals surface area contributed by atoms with Crippen molar-refractivity contribution in [1.29, 1.82) is 0 Å². The summed E-state index contributed by atoms with van der Waals surface area (Å²) in [6, 6.07) is 9.44. The summed E-state index contributed by atoms with van der Waals surface area (Å²) < 4.78 is 74.1. The van der Waals surface area contributed by atoms with Crippen molar-refractivity contribution in [2.75, 3.05) is 51.5 Å². The molecule has 2 rings (SSSR count). The first-order valence-corrected chi connectivity index (χ1v) is 14.8. The van der Waals surface area contributed by atoms with Gasteiger partial charge in [0.15, 0.2) is 17.4 Å². The fraction of sp³-hybridized carbons (Fsp3) is 0.522. The predicted octanol–water partition coefficient (Wildman–Crippen LogP) is 6.20. The number of hydrogen-bond donors (Lipinski definition) is 0. The van der Waals surface area contributed by atoms with Crippen LogP contribution in [0.5, 0.6) is 5.75 Å². The number of ether oxygens (including phenoxy) is 1. The van der Waals surface area contributed by atoms with Gasteiger partial charge in [0.25, 0.3) is 0 Å². The minimum Gasteiger partial charge on any atom is -0.489 e. The largest absolute Gasteiger partial charge is 0.489 e. The third kappa shape index (κ3) is 8.63. The Hall–Kier alpha value is -1.84. The van der Waals surface area contributed by atoms with Crippen molar-refractivity contribution in [1.82, 2.24) is 4.98 Å². The summed E-state index contributed by atoms with van der Waals surface area (Å²) in [4.78, 5) is 6.12. The van der Waals surface area contributed by atoms with Gasteiger partial charge in [0.2, 0.25) is 0 Å². The zero-order chi connectivity index (χ0) is 26.6. The molecular weight excluding hydrogens is 513 g/mol. The van der Waals surface area contributed by atoms with Gasteiger partial charge < -0.3 is 18.7 Å². The average molecular weight is 548 g/mol. The number of pyridine rings is 1. The van der Waals surface area contributed by atoms with E-state index in [1.807, 2.05) is 30.1 Å². The number of benzene rings is 1. The molecule has 1 unspecified atom stereocenters. The molecule has 0 spiro atoms. The molecular formula is C23H35FN2O8P2. The quantitative estimate of drug-likeness (QED) is 0.212. The Morgan fingerprint density at radius 2 is 1.58 bits per heavy atom. The smallest absolute Gasteiger partial charge is 0.475 e. The third-order valence-electron chi connectivity index (χ3n) is 4.67. The van der Waals surface area contributed by atoms with Crippen LogP contribution in [0.25, 0.3) is 0 Å². The van der Waals surface area contributed by atoms with Crippen LogP contribution in [-0.4, -0.2) is 51.6 Å². The van der Waals surface area contributed by atoms with Crippen molar-refractivity contribution in [2.45, 2.75) is 33.5 Å². The first kappa shape index (κ1) is 30.4. The topological polar surface area (TPSA) is 106 Å². The van der Waals surface area contributed by atoms with E-state index in [1.54, 1.807) is 33.9 Å². The molecule has 13 heteroatoms. The molecule has 1 heterocycles. The van der Waals surface area contributed by atoms with Gasteiger partial charge in [-0.2, -0.15) is 0 Å². The summed E-state index contributed by atoms with van der Waals surface area (Å²) in [6.45, 7) is 7.12. The van der Waals surface area contributed by atoms with Crippen molar-refractivity contribution in [3.05, 3.63) is 54.0 Å². The second-order valence-corrected chi connectivity index (χ2v) is 11.0. The first-order valence-electron chi connectivity index (χ1n) is 11.7. The Morgan fingerprint density at radius 1 is 0.944 bits per heavy atom. The number of phosphoric ester groups is 1. The fourth-order valence-corrected chi connectivity index (χ4v) is 6.74. The van der Waals surface area contributed by atoms with Crippen LogP contribution in [0.2, 0.25) is 0 Å². The highest BCUT2D eigenvalue weighted by atomic mass is 31.2. The summed E-state index contributed by atoms with van der Waals surface area (Å²) in [6.07, 6.45) is 1.68. The van der Waals surface area contributed by atoms with E-state index in [2.05, 4.69) is 4.98 Å². The maximum atomic E-state index is 15.0. The molecule has 1 atom stereocenters. The van der Waals surface area contributed by atoms with Gasteiger partial charge in [-0.15, -0.1) is 0 Å². The summed E-state index contributed by atoms with van der Waals surface area (Å²) in [5.41, 5.74) is 0.0651. The van der Waals surface area contributed by atoms with Gasteiger partial charge in [-0.25, -0.2) is 13.9 Å². The second kappa shape index (κ2) is 14.8. The number of hydrogen-bond acceptors (Lipinski definition) is 10. The highest BCUT2D eigenvalue weighted by molar-refractivity contribution is 7.55. The lowest BCUT2D eigenvalue weighted by Gasteiger charge is -2.29. The molecule has 0 saturated heterocycles. The molecule has 0 N–H and O–H groups in total. The Kier molecular flexibility index (Phi) is 12.5. The number of nitrogens with zero attached hydrogens (tertiary/aromatic N) is 2. The standard InChI is InChI=1S/C23H35FN2O8P2/c1-6-30-35(27,31-7-2)23(34-36(28,32-8-3)33-9-4)19-13-14-21(20(24)18-19)29-17-16-26(5)22-12-10-11-15-25-22/h10-15,18,23H,6-9,16-17H2,1-5H3. The van der Waals surface area contributed by atoms with Crippen molar-refractivity contribution in [2.24, 2.45) is 0 Å². The van der Waals surface area contributed by atoms with Crippen LogP contribution in [0.1, 0.15) is 39.1 Å². The summed E-state index contributed by atoms with van der Waals surface area (Å²) in [7, 11) is -6.39.